The Balaban J connectivity index is -0.00000000500. The molecule has 0 aromatic rings. The fourth-order valence-electron chi connectivity index (χ4n) is 0. The molecule has 0 saturated carbocycles. The van der Waals surface area contributed by atoms with Crippen LogP contribution in [0.2, 0.25) is 0 Å². The van der Waals surface area contributed by atoms with E-state index in [0.717, 1.165) is 0 Å². The number of rotatable bonds is 0. The molecule has 0 bridgehead atoms. The average Bonchev–Trinajstić information content (AvgIpc) is 1.00. The van der Waals surface area contributed by atoms with E-state index in [-0.39, 0.29) is 50.1 Å². The number of hydrogen-bond acceptors (Lipinski definition) is 1. The first kappa shape index (κ1) is 18.9. The zero-order valence-corrected chi connectivity index (χ0v) is 5.03. The molecule has 3 heteroatoms. The van der Waals surface area contributed by atoms with E-state index in [1.54, 1.807) is 0 Å². The summed E-state index contributed by atoms with van der Waals surface area (Å²) in [7, 11) is 0. The fourth-order valence-corrected chi connectivity index (χ4v) is 0. The molecular weight excluding hydrogens is 104 g/mol. The zero-order chi connectivity index (χ0) is 2.00. The number of hydrogen-bond donors (Lipinski definition) is 0. The van der Waals surface area contributed by atoms with Crippen molar-refractivity contribution in [3.05, 3.63) is 0 Å². The van der Waals surface area contributed by atoms with Crippen molar-refractivity contribution in [2.45, 2.75) is 0 Å². The molecule has 4 heavy (non-hydrogen) atoms. The molecule has 0 fully saturated rings. The summed E-state index contributed by atoms with van der Waals surface area (Å²) < 4.78 is 0. The van der Waals surface area contributed by atoms with Gasteiger partial charge in [-0.1, -0.05) is 0 Å². The average molecular weight is 105 g/mol. The van der Waals surface area contributed by atoms with Crippen LogP contribution in [0.5, 0.6) is 0 Å². The van der Waals surface area contributed by atoms with Crippen molar-refractivity contribution < 1.29 is 17.2 Å². The minimum absolute atomic E-state index is 0. The van der Waals surface area contributed by atoms with Gasteiger partial charge in [-0.05, 0) is 0 Å². The Morgan fingerprint density at radius 3 is 1.25 bits per heavy atom. The predicted octanol–water partition coefficient (Wildman–Crippen LogP) is -3.65. The third kappa shape index (κ3) is 10.7. The van der Waals surface area contributed by atoms with Gasteiger partial charge in [-0.25, -0.2) is 0 Å². The van der Waals surface area contributed by atoms with Crippen molar-refractivity contribution in [1.29, 1.82) is 0 Å². The molecule has 20 valence electrons. The predicted molar refractivity (Wildman–Crippen MR) is 12.5 cm³/mol. The number of carbonyl (C=O) groups excluding carboxylic acids is 1. The van der Waals surface area contributed by atoms with E-state index in [0.29, 0.717) is 0 Å². The van der Waals surface area contributed by atoms with Gasteiger partial charge in [-0.3, -0.25) is 6.79 Å². The van der Waals surface area contributed by atoms with E-state index in [9.17, 15) is 0 Å². The molecule has 0 aromatic heterocycles. The van der Waals surface area contributed by atoms with Crippen LogP contribution >= 0.6 is 0 Å². The molecule has 0 aliphatic heterocycles. The molecule has 0 radical (unpaired) electrons. The molecule has 0 N–H and O–H groups in total. The van der Waals surface area contributed by atoms with Gasteiger partial charge in [-0.2, -0.15) is 0 Å². The minimum Gasteiger partial charge on any atom is -1.00 e. The first-order valence-corrected chi connectivity index (χ1v) is 0.236. The van der Waals surface area contributed by atoms with Crippen LogP contribution in [0.3, 0.4) is 0 Å². The first-order valence-electron chi connectivity index (χ1n) is 0.236. The zero-order valence-electron chi connectivity index (χ0n) is 2.07. The molecule has 0 unspecified atom stereocenters. The molecule has 0 aliphatic rings. The molecule has 0 aliphatic carbocycles. The van der Waals surface area contributed by atoms with Gasteiger partial charge >= 0.3 is 37.7 Å². The molecule has 0 rings (SSSR count). The molecule has 1 nitrogen and oxygen atoms in total. The molecule has 0 saturated heterocycles. The topological polar surface area (TPSA) is 17.1 Å². The van der Waals surface area contributed by atoms with Crippen molar-refractivity contribution >= 4 is 44.5 Å². The van der Waals surface area contributed by atoms with Crippen LogP contribution in [0.15, 0.2) is 0 Å². The summed E-state index contributed by atoms with van der Waals surface area (Å²) in [5.41, 5.74) is 0. The van der Waals surface area contributed by atoms with Gasteiger partial charge in [0.25, 0.3) is 0 Å². The van der Waals surface area contributed by atoms with Crippen LogP contribution < -0.4 is 12.4 Å². The molecular formula is CHCaClO. The Morgan fingerprint density at radius 2 is 1.25 bits per heavy atom. The van der Waals surface area contributed by atoms with Gasteiger partial charge in [0.2, 0.25) is 0 Å². The van der Waals surface area contributed by atoms with Crippen LogP contribution in [0, 0.1) is 0 Å². The maximum absolute atomic E-state index is 7.75. The molecule has 0 atom stereocenters. The Kier molecular flexibility index (Phi) is 139. The summed E-state index contributed by atoms with van der Waals surface area (Å²) in [5.74, 6) is 0. The van der Waals surface area contributed by atoms with Crippen molar-refractivity contribution in [3.63, 3.8) is 0 Å². The molecule has 0 spiro atoms. The SMILES string of the molecule is [CH-]=O.[Ca+2].[Cl-]. The van der Waals surface area contributed by atoms with Gasteiger partial charge < -0.3 is 17.2 Å². The quantitative estimate of drug-likeness (QED) is 0.176. The van der Waals surface area contributed by atoms with E-state index in [2.05, 4.69) is 6.79 Å². The van der Waals surface area contributed by atoms with Crippen LogP contribution in [0.4, 0.5) is 0 Å². The van der Waals surface area contributed by atoms with Gasteiger partial charge in [0.15, 0.2) is 0 Å². The van der Waals surface area contributed by atoms with E-state index in [1.807, 2.05) is 0 Å². The summed E-state index contributed by atoms with van der Waals surface area (Å²) in [5, 5.41) is 0. The van der Waals surface area contributed by atoms with Crippen molar-refractivity contribution in [2.24, 2.45) is 0 Å². The van der Waals surface area contributed by atoms with Crippen molar-refractivity contribution in [2.75, 3.05) is 0 Å². The Hall–Kier alpha value is 1.22. The van der Waals surface area contributed by atoms with E-state index in [4.69, 9.17) is 4.79 Å². The smallest absolute Gasteiger partial charge is 1.00 e. The molecule has 0 aromatic carbocycles. The maximum atomic E-state index is 7.75. The summed E-state index contributed by atoms with van der Waals surface area (Å²) in [4.78, 5) is 7.75. The van der Waals surface area contributed by atoms with Crippen LogP contribution in [-0.4, -0.2) is 44.5 Å². The normalized spacial score (nSPS) is 1.00. The van der Waals surface area contributed by atoms with Crippen molar-refractivity contribution in [1.82, 2.24) is 0 Å². The Labute approximate surface area is 61.2 Å². The van der Waals surface area contributed by atoms with Gasteiger partial charge in [-0.15, -0.1) is 0 Å². The third-order valence-electron chi connectivity index (χ3n) is 0. The second kappa shape index (κ2) is 29.4. The Bertz CT molecular complexity index is 8.00. The van der Waals surface area contributed by atoms with E-state index < -0.39 is 0 Å². The van der Waals surface area contributed by atoms with Crippen LogP contribution in [-0.2, 0) is 4.79 Å². The Morgan fingerprint density at radius 1 is 1.25 bits per heavy atom. The summed E-state index contributed by atoms with van der Waals surface area (Å²) in [6.07, 6.45) is 0. The van der Waals surface area contributed by atoms with Gasteiger partial charge in [0, 0.05) is 0 Å². The molecule has 0 heterocycles. The fraction of sp³-hybridized carbons (Fsp3) is 0. The first-order chi connectivity index (χ1) is 1.00. The second-order valence-corrected chi connectivity index (χ2v) is 0. The number of halogens is 1. The maximum Gasteiger partial charge on any atom is 2.00 e. The van der Waals surface area contributed by atoms with E-state index >= 15 is 0 Å². The minimum atomic E-state index is 0. The largest absolute Gasteiger partial charge is 2.00 e. The molecule has 0 amide bonds. The summed E-state index contributed by atoms with van der Waals surface area (Å²) >= 11 is 0. The van der Waals surface area contributed by atoms with E-state index in [1.165, 1.54) is 0 Å². The van der Waals surface area contributed by atoms with Gasteiger partial charge in [0.1, 0.15) is 0 Å². The summed E-state index contributed by atoms with van der Waals surface area (Å²) in [6, 6.07) is 0. The van der Waals surface area contributed by atoms with Gasteiger partial charge in [0.05, 0.1) is 0 Å². The standard InChI is InChI=1S/CHO.Ca.ClH/c1-2;;/h1H;;1H/q-1;+2;/p-1. The third-order valence-corrected chi connectivity index (χ3v) is 0. The van der Waals surface area contributed by atoms with Crippen LogP contribution in [0.1, 0.15) is 0 Å². The van der Waals surface area contributed by atoms with Crippen LogP contribution in [0.25, 0.3) is 0 Å². The van der Waals surface area contributed by atoms with Crippen molar-refractivity contribution in [3.8, 4) is 0 Å². The second-order valence-electron chi connectivity index (χ2n) is 0. The summed E-state index contributed by atoms with van der Waals surface area (Å²) in [6.45, 7) is 3.25. The monoisotopic (exact) mass is 104 g/mol.